The van der Waals surface area contributed by atoms with Crippen LogP contribution in [0.3, 0.4) is 0 Å². The molecule has 3 N–H and O–H groups in total. The molecule has 19 heavy (non-hydrogen) atoms. The molecular formula is C12H19N7. The molecule has 1 atom stereocenters. The van der Waals surface area contributed by atoms with E-state index in [1.54, 1.807) is 23.3 Å². The first-order valence-corrected chi connectivity index (χ1v) is 6.31. The molecule has 2 aromatic rings. The summed E-state index contributed by atoms with van der Waals surface area (Å²) in [5.41, 5.74) is 5.71. The van der Waals surface area contributed by atoms with Gasteiger partial charge >= 0.3 is 0 Å². The van der Waals surface area contributed by atoms with E-state index in [1.807, 2.05) is 0 Å². The number of rotatable bonds is 5. The molecule has 7 heteroatoms. The lowest BCUT2D eigenvalue weighted by Crippen LogP contribution is -2.20. The molecule has 0 saturated carbocycles. The highest BCUT2D eigenvalue weighted by Crippen LogP contribution is 2.11. The van der Waals surface area contributed by atoms with Crippen LogP contribution >= 0.6 is 0 Å². The average molecular weight is 261 g/mol. The van der Waals surface area contributed by atoms with Crippen LogP contribution in [-0.4, -0.2) is 30.5 Å². The molecule has 0 radical (unpaired) electrons. The van der Waals surface area contributed by atoms with Gasteiger partial charge < -0.3 is 11.1 Å². The largest absolute Gasteiger partial charge is 0.368 e. The number of nitrogens with two attached hydrogens (primary N) is 1. The molecular weight excluding hydrogens is 242 g/mol. The molecule has 0 aliphatic rings. The van der Waals surface area contributed by atoms with Crippen LogP contribution in [0.25, 0.3) is 5.95 Å². The number of aromatic nitrogens is 5. The lowest BCUT2D eigenvalue weighted by Gasteiger charge is -2.16. The number of anilines is 2. The normalized spacial score (nSPS) is 12.6. The van der Waals surface area contributed by atoms with Crippen LogP contribution in [-0.2, 0) is 0 Å². The lowest BCUT2D eigenvalue weighted by atomic mass is 10.1. The predicted octanol–water partition coefficient (Wildman–Crippen LogP) is 1.49. The molecule has 2 rings (SSSR count). The first-order valence-electron chi connectivity index (χ1n) is 6.31. The van der Waals surface area contributed by atoms with Crippen molar-refractivity contribution in [3.05, 3.63) is 18.7 Å². The van der Waals surface area contributed by atoms with Gasteiger partial charge in [0.1, 0.15) is 6.33 Å². The third-order valence-corrected chi connectivity index (χ3v) is 2.58. The molecule has 1 unspecified atom stereocenters. The van der Waals surface area contributed by atoms with Crippen molar-refractivity contribution >= 4 is 11.9 Å². The van der Waals surface area contributed by atoms with Crippen molar-refractivity contribution in [2.24, 2.45) is 5.92 Å². The van der Waals surface area contributed by atoms with Crippen molar-refractivity contribution < 1.29 is 0 Å². The van der Waals surface area contributed by atoms with Gasteiger partial charge in [0.2, 0.25) is 17.8 Å². The zero-order chi connectivity index (χ0) is 13.8. The van der Waals surface area contributed by atoms with E-state index in [0.717, 1.165) is 6.42 Å². The smallest absolute Gasteiger partial charge is 0.241 e. The molecule has 0 fully saturated rings. The molecule has 2 aromatic heterocycles. The lowest BCUT2D eigenvalue weighted by molar-refractivity contribution is 0.537. The Balaban J connectivity index is 2.18. The van der Waals surface area contributed by atoms with E-state index in [1.165, 1.54) is 0 Å². The van der Waals surface area contributed by atoms with Gasteiger partial charge in [-0.05, 0) is 19.3 Å². The quantitative estimate of drug-likeness (QED) is 0.846. The average Bonchev–Trinajstić information content (AvgIpc) is 2.79. The van der Waals surface area contributed by atoms with Crippen LogP contribution in [0.5, 0.6) is 0 Å². The van der Waals surface area contributed by atoms with Crippen LogP contribution in [0.4, 0.5) is 11.9 Å². The van der Waals surface area contributed by atoms with Crippen molar-refractivity contribution in [3.8, 4) is 5.95 Å². The number of hydrogen-bond donors (Lipinski definition) is 2. The van der Waals surface area contributed by atoms with E-state index in [2.05, 4.69) is 46.0 Å². The topological polar surface area (TPSA) is 94.5 Å². The summed E-state index contributed by atoms with van der Waals surface area (Å²) in [7, 11) is 0. The van der Waals surface area contributed by atoms with Crippen LogP contribution < -0.4 is 11.1 Å². The minimum Gasteiger partial charge on any atom is -0.368 e. The highest BCUT2D eigenvalue weighted by atomic mass is 15.3. The van der Waals surface area contributed by atoms with Gasteiger partial charge in [0.25, 0.3) is 0 Å². The van der Waals surface area contributed by atoms with Crippen LogP contribution in [0.2, 0.25) is 0 Å². The maximum absolute atomic E-state index is 5.71. The number of hydrogen-bond acceptors (Lipinski definition) is 6. The highest BCUT2D eigenvalue weighted by molar-refractivity contribution is 5.35. The van der Waals surface area contributed by atoms with E-state index in [4.69, 9.17) is 5.73 Å². The molecule has 0 aromatic carbocycles. The van der Waals surface area contributed by atoms with Gasteiger partial charge in [-0.15, -0.1) is 0 Å². The minimum atomic E-state index is 0.193. The number of imidazole rings is 1. The summed E-state index contributed by atoms with van der Waals surface area (Å²) in [5.74, 6) is 1.75. The second-order valence-corrected chi connectivity index (χ2v) is 4.96. The highest BCUT2D eigenvalue weighted by Gasteiger charge is 2.10. The summed E-state index contributed by atoms with van der Waals surface area (Å²) in [4.78, 5) is 16.5. The summed E-state index contributed by atoms with van der Waals surface area (Å²) < 4.78 is 1.69. The second-order valence-electron chi connectivity index (χ2n) is 4.96. The molecule has 7 nitrogen and oxygen atoms in total. The SMILES string of the molecule is CC(C)CC(C)Nc1nc(N)nc(-n2ccnc2)n1. The zero-order valence-corrected chi connectivity index (χ0v) is 11.4. The predicted molar refractivity (Wildman–Crippen MR) is 73.9 cm³/mol. The molecule has 0 amide bonds. The van der Waals surface area contributed by atoms with E-state index in [9.17, 15) is 0 Å². The van der Waals surface area contributed by atoms with E-state index < -0.39 is 0 Å². The number of nitrogen functional groups attached to an aromatic ring is 1. The summed E-state index contributed by atoms with van der Waals surface area (Å²) in [6, 6.07) is 0.275. The molecule has 0 aliphatic heterocycles. The third-order valence-electron chi connectivity index (χ3n) is 2.58. The zero-order valence-electron chi connectivity index (χ0n) is 11.4. The van der Waals surface area contributed by atoms with Gasteiger partial charge in [0, 0.05) is 18.4 Å². The maximum Gasteiger partial charge on any atom is 0.241 e. The third kappa shape index (κ3) is 3.64. The fourth-order valence-corrected chi connectivity index (χ4v) is 1.92. The number of nitrogens with zero attached hydrogens (tertiary/aromatic N) is 5. The first-order chi connectivity index (χ1) is 9.04. The Labute approximate surface area is 112 Å². The Bertz CT molecular complexity index is 521. The first kappa shape index (κ1) is 13.3. The molecule has 0 spiro atoms. The Morgan fingerprint density at radius 3 is 2.68 bits per heavy atom. The Hall–Kier alpha value is -2.18. The van der Waals surface area contributed by atoms with Crippen LogP contribution in [0, 0.1) is 5.92 Å². The summed E-state index contributed by atoms with van der Waals surface area (Å²) in [6.45, 7) is 6.45. The van der Waals surface area contributed by atoms with Gasteiger partial charge in [-0.2, -0.15) is 15.0 Å². The minimum absolute atomic E-state index is 0.193. The van der Waals surface area contributed by atoms with Gasteiger partial charge in [-0.25, -0.2) is 4.98 Å². The van der Waals surface area contributed by atoms with Crippen LogP contribution in [0.15, 0.2) is 18.7 Å². The maximum atomic E-state index is 5.71. The molecule has 102 valence electrons. The standard InChI is InChI=1S/C12H19N7/c1-8(2)6-9(3)15-11-16-10(13)17-12(18-11)19-5-4-14-7-19/h4-5,7-9H,6H2,1-3H3,(H3,13,15,16,17,18). The molecule has 0 bridgehead atoms. The molecule has 0 saturated heterocycles. The summed E-state index contributed by atoms with van der Waals surface area (Å²) in [6.07, 6.45) is 6.08. The summed E-state index contributed by atoms with van der Waals surface area (Å²) >= 11 is 0. The monoisotopic (exact) mass is 261 g/mol. The van der Waals surface area contributed by atoms with Crippen LogP contribution in [0.1, 0.15) is 27.2 Å². The van der Waals surface area contributed by atoms with E-state index in [-0.39, 0.29) is 12.0 Å². The van der Waals surface area contributed by atoms with E-state index in [0.29, 0.717) is 17.8 Å². The van der Waals surface area contributed by atoms with Gasteiger partial charge in [-0.3, -0.25) is 4.57 Å². The van der Waals surface area contributed by atoms with Gasteiger partial charge in [0.15, 0.2) is 0 Å². The fraction of sp³-hybridized carbons (Fsp3) is 0.500. The van der Waals surface area contributed by atoms with E-state index >= 15 is 0 Å². The second kappa shape index (κ2) is 5.64. The van der Waals surface area contributed by atoms with Crippen molar-refractivity contribution in [3.63, 3.8) is 0 Å². The number of nitrogens with one attached hydrogen (secondary N) is 1. The summed E-state index contributed by atoms with van der Waals surface area (Å²) in [5, 5.41) is 3.24. The van der Waals surface area contributed by atoms with Crippen molar-refractivity contribution in [2.75, 3.05) is 11.1 Å². The molecule has 2 heterocycles. The van der Waals surface area contributed by atoms with Gasteiger partial charge in [-0.1, -0.05) is 13.8 Å². The Morgan fingerprint density at radius 1 is 1.26 bits per heavy atom. The Morgan fingerprint density at radius 2 is 2.05 bits per heavy atom. The molecule has 0 aliphatic carbocycles. The van der Waals surface area contributed by atoms with Gasteiger partial charge in [0.05, 0.1) is 0 Å². The van der Waals surface area contributed by atoms with Crippen molar-refractivity contribution in [1.29, 1.82) is 0 Å². The Kier molecular flexibility index (Phi) is 3.94. The fourth-order valence-electron chi connectivity index (χ4n) is 1.92. The van der Waals surface area contributed by atoms with Crippen molar-refractivity contribution in [2.45, 2.75) is 33.2 Å². The van der Waals surface area contributed by atoms with Crippen molar-refractivity contribution in [1.82, 2.24) is 24.5 Å².